The Morgan fingerprint density at radius 1 is 0.633 bits per heavy atom. The van der Waals surface area contributed by atoms with Crippen LogP contribution in [0.5, 0.6) is 11.5 Å². The van der Waals surface area contributed by atoms with E-state index in [-0.39, 0.29) is 0 Å². The predicted octanol–water partition coefficient (Wildman–Crippen LogP) is 5.73. The molecule has 0 fully saturated rings. The molecule has 30 heavy (non-hydrogen) atoms. The number of hydrogen-bond acceptors (Lipinski definition) is 4. The molecular formula is C26H38N2O2. The van der Waals surface area contributed by atoms with Crippen LogP contribution in [0.2, 0.25) is 0 Å². The average molecular weight is 411 g/mol. The summed E-state index contributed by atoms with van der Waals surface area (Å²) in [5.41, 5.74) is 6.50. The molecule has 0 radical (unpaired) electrons. The number of phenols is 2. The average Bonchev–Trinajstić information content (AvgIpc) is 2.77. The summed E-state index contributed by atoms with van der Waals surface area (Å²) in [5.74, 6) is 0.699. The lowest BCUT2D eigenvalue weighted by atomic mass is 9.94. The van der Waals surface area contributed by atoms with Gasteiger partial charge in [0, 0.05) is 24.2 Å². The van der Waals surface area contributed by atoms with E-state index in [1.54, 1.807) is 12.1 Å². The van der Waals surface area contributed by atoms with Crippen molar-refractivity contribution >= 4 is 11.1 Å². The SMILES string of the molecule is CCN(CC)Cc1cc(/C(C)=C(/C)c2ccc(O)c(CN(CC)CC)c2)ccc1O. The number of aromatic hydroxyl groups is 2. The molecule has 0 aromatic heterocycles. The molecule has 0 bridgehead atoms. The first kappa shape index (κ1) is 24.0. The maximum atomic E-state index is 10.3. The lowest BCUT2D eigenvalue weighted by Gasteiger charge is -2.20. The Hall–Kier alpha value is -2.30. The minimum atomic E-state index is 0.349. The van der Waals surface area contributed by atoms with E-state index in [0.29, 0.717) is 11.5 Å². The van der Waals surface area contributed by atoms with E-state index in [9.17, 15) is 10.2 Å². The van der Waals surface area contributed by atoms with E-state index in [1.807, 2.05) is 12.1 Å². The highest BCUT2D eigenvalue weighted by Crippen LogP contribution is 2.31. The summed E-state index contributed by atoms with van der Waals surface area (Å²) in [4.78, 5) is 4.59. The Morgan fingerprint density at radius 2 is 0.967 bits per heavy atom. The molecule has 164 valence electrons. The van der Waals surface area contributed by atoms with Gasteiger partial charge in [0.1, 0.15) is 11.5 Å². The number of rotatable bonds is 10. The largest absolute Gasteiger partial charge is 0.508 e. The van der Waals surface area contributed by atoms with Gasteiger partial charge in [-0.3, -0.25) is 9.80 Å². The Morgan fingerprint density at radius 3 is 1.27 bits per heavy atom. The third kappa shape index (κ3) is 5.87. The highest BCUT2D eigenvalue weighted by Gasteiger charge is 2.12. The van der Waals surface area contributed by atoms with Gasteiger partial charge in [0.05, 0.1) is 0 Å². The van der Waals surface area contributed by atoms with Gasteiger partial charge in [-0.05, 0) is 86.6 Å². The molecule has 0 spiro atoms. The molecule has 0 amide bonds. The van der Waals surface area contributed by atoms with Crippen LogP contribution in [-0.2, 0) is 13.1 Å². The molecule has 0 saturated heterocycles. The molecule has 0 saturated carbocycles. The lowest BCUT2D eigenvalue weighted by molar-refractivity contribution is 0.291. The zero-order chi connectivity index (χ0) is 22.3. The summed E-state index contributed by atoms with van der Waals surface area (Å²) in [6.45, 7) is 18.1. The van der Waals surface area contributed by atoms with Crippen molar-refractivity contribution in [3.05, 3.63) is 58.7 Å². The predicted molar refractivity (Wildman–Crippen MR) is 128 cm³/mol. The minimum Gasteiger partial charge on any atom is -0.508 e. The fourth-order valence-electron chi connectivity index (χ4n) is 3.70. The van der Waals surface area contributed by atoms with Crippen molar-refractivity contribution in [1.29, 1.82) is 0 Å². The van der Waals surface area contributed by atoms with E-state index in [2.05, 4.69) is 63.5 Å². The van der Waals surface area contributed by atoms with E-state index in [4.69, 9.17) is 0 Å². The van der Waals surface area contributed by atoms with E-state index in [1.165, 1.54) is 11.1 Å². The van der Waals surface area contributed by atoms with Crippen LogP contribution in [0, 0.1) is 0 Å². The number of allylic oxidation sites excluding steroid dienone is 2. The molecule has 2 aromatic carbocycles. The van der Waals surface area contributed by atoms with Crippen molar-refractivity contribution in [2.75, 3.05) is 26.2 Å². The summed E-state index contributed by atoms with van der Waals surface area (Å²) in [5, 5.41) is 20.7. The van der Waals surface area contributed by atoms with Crippen molar-refractivity contribution in [2.45, 2.75) is 54.6 Å². The van der Waals surface area contributed by atoms with Crippen LogP contribution in [0.15, 0.2) is 36.4 Å². The fourth-order valence-corrected chi connectivity index (χ4v) is 3.70. The summed E-state index contributed by atoms with van der Waals surface area (Å²) in [7, 11) is 0. The van der Waals surface area contributed by atoms with Crippen LogP contribution in [0.25, 0.3) is 11.1 Å². The smallest absolute Gasteiger partial charge is 0.120 e. The highest BCUT2D eigenvalue weighted by molar-refractivity contribution is 5.89. The van der Waals surface area contributed by atoms with Gasteiger partial charge in [-0.25, -0.2) is 0 Å². The van der Waals surface area contributed by atoms with Gasteiger partial charge in [-0.2, -0.15) is 0 Å². The standard InChI is InChI=1S/C26H38N2O2/c1-7-27(8-2)17-23-15-21(11-13-25(23)29)19(5)20(6)22-12-14-26(30)24(16-22)18-28(9-3)10-4/h11-16,29-30H,7-10,17-18H2,1-6H3/b20-19-. The summed E-state index contributed by atoms with van der Waals surface area (Å²) in [6.07, 6.45) is 0. The van der Waals surface area contributed by atoms with Gasteiger partial charge in [0.2, 0.25) is 0 Å². The topological polar surface area (TPSA) is 46.9 Å². The first-order chi connectivity index (χ1) is 14.3. The Bertz CT molecular complexity index is 794. The number of benzene rings is 2. The van der Waals surface area contributed by atoms with Gasteiger partial charge in [0.15, 0.2) is 0 Å². The second kappa shape index (κ2) is 11.2. The van der Waals surface area contributed by atoms with Crippen LogP contribution in [0.1, 0.15) is 63.8 Å². The van der Waals surface area contributed by atoms with Crippen molar-refractivity contribution in [2.24, 2.45) is 0 Å². The quantitative estimate of drug-likeness (QED) is 0.491. The van der Waals surface area contributed by atoms with Crippen molar-refractivity contribution in [3.63, 3.8) is 0 Å². The molecule has 0 unspecified atom stereocenters. The highest BCUT2D eigenvalue weighted by atomic mass is 16.3. The molecule has 0 heterocycles. The lowest BCUT2D eigenvalue weighted by Crippen LogP contribution is -2.22. The first-order valence-corrected chi connectivity index (χ1v) is 11.1. The number of nitrogens with zero attached hydrogens (tertiary/aromatic N) is 2. The molecular weight excluding hydrogens is 372 g/mol. The van der Waals surface area contributed by atoms with E-state index >= 15 is 0 Å². The Labute approximate surface area is 182 Å². The Kier molecular flexibility index (Phi) is 8.94. The molecule has 0 aliphatic heterocycles. The maximum absolute atomic E-state index is 10.3. The van der Waals surface area contributed by atoms with Gasteiger partial charge in [-0.15, -0.1) is 0 Å². The van der Waals surface area contributed by atoms with Crippen LogP contribution in [0.3, 0.4) is 0 Å². The molecule has 0 aliphatic carbocycles. The molecule has 2 aromatic rings. The second-order valence-corrected chi connectivity index (χ2v) is 7.86. The molecule has 2 N–H and O–H groups in total. The van der Waals surface area contributed by atoms with Crippen molar-refractivity contribution in [3.8, 4) is 11.5 Å². The van der Waals surface area contributed by atoms with Gasteiger partial charge in [-0.1, -0.05) is 39.8 Å². The molecule has 0 aliphatic rings. The second-order valence-electron chi connectivity index (χ2n) is 7.86. The zero-order valence-corrected chi connectivity index (χ0v) is 19.5. The minimum absolute atomic E-state index is 0.349. The van der Waals surface area contributed by atoms with E-state index < -0.39 is 0 Å². The van der Waals surface area contributed by atoms with Gasteiger partial charge < -0.3 is 10.2 Å². The van der Waals surface area contributed by atoms with Gasteiger partial charge in [0.25, 0.3) is 0 Å². The Balaban J connectivity index is 2.39. The zero-order valence-electron chi connectivity index (χ0n) is 19.5. The molecule has 0 atom stereocenters. The fraction of sp³-hybridized carbons (Fsp3) is 0.462. The van der Waals surface area contributed by atoms with Crippen molar-refractivity contribution < 1.29 is 10.2 Å². The van der Waals surface area contributed by atoms with Crippen LogP contribution in [0.4, 0.5) is 0 Å². The molecule has 4 nitrogen and oxygen atoms in total. The van der Waals surface area contributed by atoms with E-state index in [0.717, 1.165) is 61.5 Å². The summed E-state index contributed by atoms with van der Waals surface area (Å²) >= 11 is 0. The summed E-state index contributed by atoms with van der Waals surface area (Å²) in [6, 6.07) is 11.8. The third-order valence-electron chi connectivity index (χ3n) is 6.16. The molecule has 4 heteroatoms. The normalized spacial score (nSPS) is 12.5. The third-order valence-corrected chi connectivity index (χ3v) is 6.16. The number of hydrogen-bond donors (Lipinski definition) is 2. The van der Waals surface area contributed by atoms with Crippen LogP contribution < -0.4 is 0 Å². The van der Waals surface area contributed by atoms with Crippen molar-refractivity contribution in [1.82, 2.24) is 9.80 Å². The maximum Gasteiger partial charge on any atom is 0.120 e. The molecule has 2 rings (SSSR count). The first-order valence-electron chi connectivity index (χ1n) is 11.1. The monoisotopic (exact) mass is 410 g/mol. The number of phenolic OH excluding ortho intramolecular Hbond substituents is 2. The van der Waals surface area contributed by atoms with Crippen LogP contribution in [-0.4, -0.2) is 46.2 Å². The van der Waals surface area contributed by atoms with Gasteiger partial charge >= 0.3 is 0 Å². The summed E-state index contributed by atoms with van der Waals surface area (Å²) < 4.78 is 0. The van der Waals surface area contributed by atoms with Crippen LogP contribution >= 0.6 is 0 Å².